The average molecular weight is 422 g/mol. The fraction of sp³-hybridized carbons (Fsp3) is 0.900. The van der Waals surface area contributed by atoms with Crippen LogP contribution in [0.25, 0.3) is 0 Å². The maximum absolute atomic E-state index is 11.7. The second-order valence-corrected chi connectivity index (χ2v) is 7.40. The third kappa shape index (κ3) is 20.0. The molecular weight excluding hydrogens is 382 g/mol. The molecule has 9 heteroatoms. The number of carbonyl (C=O) groups excluding carboxylic acids is 2. The highest BCUT2D eigenvalue weighted by atomic mass is 16.6. The molecule has 0 aliphatic heterocycles. The van der Waals surface area contributed by atoms with E-state index in [-0.39, 0.29) is 30.6 Å². The second kappa shape index (κ2) is 18.9. The average Bonchev–Trinajstić information content (AvgIpc) is 2.66. The summed E-state index contributed by atoms with van der Waals surface area (Å²) in [6.07, 6.45) is 0.707. The van der Waals surface area contributed by atoms with E-state index in [1.807, 2.05) is 6.92 Å². The first-order valence-electron chi connectivity index (χ1n) is 10.1. The van der Waals surface area contributed by atoms with Crippen LogP contribution < -0.4 is 5.32 Å². The first-order valence-corrected chi connectivity index (χ1v) is 10.1. The molecule has 1 N–H and O–H groups in total. The third-order valence-corrected chi connectivity index (χ3v) is 3.96. The molecule has 0 fully saturated rings. The monoisotopic (exact) mass is 421 g/mol. The van der Waals surface area contributed by atoms with Gasteiger partial charge in [0, 0.05) is 6.04 Å². The van der Waals surface area contributed by atoms with Crippen molar-refractivity contribution in [1.82, 2.24) is 5.32 Å². The summed E-state index contributed by atoms with van der Waals surface area (Å²) >= 11 is 0. The lowest BCUT2D eigenvalue weighted by atomic mass is 9.88. The molecular formula is C20H39NO8. The molecule has 0 bridgehead atoms. The van der Waals surface area contributed by atoms with E-state index in [2.05, 4.69) is 26.1 Å². The van der Waals surface area contributed by atoms with Crippen LogP contribution in [0.4, 0.5) is 0 Å². The molecule has 0 rings (SSSR count). The molecule has 0 spiro atoms. The molecule has 1 amide bonds. The van der Waals surface area contributed by atoms with Gasteiger partial charge in [-0.25, -0.2) is 0 Å². The SMILES string of the molecule is CC(NC(=O)COCCOCCOCCOCCOCCOCC=O)C(C)(C)C. The van der Waals surface area contributed by atoms with Crippen molar-refractivity contribution in [1.29, 1.82) is 0 Å². The van der Waals surface area contributed by atoms with E-state index in [9.17, 15) is 9.59 Å². The number of nitrogens with one attached hydrogen (secondary N) is 1. The Morgan fingerprint density at radius 2 is 1.14 bits per heavy atom. The highest BCUT2D eigenvalue weighted by Gasteiger charge is 2.21. The molecule has 0 aliphatic carbocycles. The summed E-state index contributed by atoms with van der Waals surface area (Å²) in [6, 6.07) is 0.0809. The van der Waals surface area contributed by atoms with E-state index < -0.39 is 0 Å². The van der Waals surface area contributed by atoms with E-state index in [4.69, 9.17) is 28.4 Å². The summed E-state index contributed by atoms with van der Waals surface area (Å²) in [5.41, 5.74) is 0.0190. The lowest BCUT2D eigenvalue weighted by molar-refractivity contribution is -0.127. The Kier molecular flexibility index (Phi) is 18.2. The van der Waals surface area contributed by atoms with Crippen molar-refractivity contribution in [2.45, 2.75) is 33.7 Å². The van der Waals surface area contributed by atoms with Crippen molar-refractivity contribution in [2.75, 3.05) is 79.3 Å². The van der Waals surface area contributed by atoms with E-state index >= 15 is 0 Å². The van der Waals surface area contributed by atoms with Crippen molar-refractivity contribution < 1.29 is 38.0 Å². The fourth-order valence-electron chi connectivity index (χ4n) is 1.79. The van der Waals surface area contributed by atoms with Crippen LogP contribution in [0.1, 0.15) is 27.7 Å². The van der Waals surface area contributed by atoms with Gasteiger partial charge in [-0.3, -0.25) is 4.79 Å². The summed E-state index contributed by atoms with van der Waals surface area (Å²) in [4.78, 5) is 21.8. The number of carbonyl (C=O) groups is 2. The predicted octanol–water partition coefficient (Wildman–Crippen LogP) is 0.836. The summed E-state index contributed by atoms with van der Waals surface area (Å²) in [5.74, 6) is -0.118. The van der Waals surface area contributed by atoms with Gasteiger partial charge >= 0.3 is 0 Å². The van der Waals surface area contributed by atoms with Crippen LogP contribution in [0.5, 0.6) is 0 Å². The van der Waals surface area contributed by atoms with Gasteiger partial charge in [-0.05, 0) is 12.3 Å². The Balaban J connectivity index is 3.22. The Morgan fingerprint density at radius 1 is 0.759 bits per heavy atom. The molecule has 0 aromatic carbocycles. The first-order chi connectivity index (χ1) is 13.9. The molecule has 0 saturated carbocycles. The predicted molar refractivity (Wildman–Crippen MR) is 108 cm³/mol. The van der Waals surface area contributed by atoms with Gasteiger partial charge in [0.05, 0.1) is 66.1 Å². The zero-order valence-electron chi connectivity index (χ0n) is 18.4. The summed E-state index contributed by atoms with van der Waals surface area (Å²) < 4.78 is 31.6. The van der Waals surface area contributed by atoms with Crippen molar-refractivity contribution in [3.05, 3.63) is 0 Å². The van der Waals surface area contributed by atoms with E-state index in [0.717, 1.165) is 0 Å². The molecule has 29 heavy (non-hydrogen) atoms. The Hall–Kier alpha value is -1.10. The number of hydrogen-bond acceptors (Lipinski definition) is 8. The van der Waals surface area contributed by atoms with Crippen LogP contribution >= 0.6 is 0 Å². The molecule has 0 aliphatic rings. The number of aldehydes is 1. The Bertz CT molecular complexity index is 400. The summed E-state index contributed by atoms with van der Waals surface area (Å²) in [6.45, 7) is 12.8. The van der Waals surface area contributed by atoms with Crippen molar-refractivity contribution >= 4 is 12.2 Å². The smallest absolute Gasteiger partial charge is 0.246 e. The van der Waals surface area contributed by atoms with E-state index in [0.29, 0.717) is 72.4 Å². The number of amides is 1. The lowest BCUT2D eigenvalue weighted by Gasteiger charge is -2.28. The first kappa shape index (κ1) is 27.9. The lowest BCUT2D eigenvalue weighted by Crippen LogP contribution is -2.43. The molecule has 1 atom stereocenters. The Morgan fingerprint density at radius 3 is 1.52 bits per heavy atom. The molecule has 0 radical (unpaired) electrons. The van der Waals surface area contributed by atoms with Gasteiger partial charge in [-0.1, -0.05) is 20.8 Å². The van der Waals surface area contributed by atoms with Crippen molar-refractivity contribution in [3.8, 4) is 0 Å². The van der Waals surface area contributed by atoms with Crippen LogP contribution in [-0.4, -0.2) is 97.5 Å². The zero-order valence-corrected chi connectivity index (χ0v) is 18.4. The molecule has 0 saturated heterocycles. The molecule has 0 aromatic rings. The highest BCUT2D eigenvalue weighted by Crippen LogP contribution is 2.18. The van der Waals surface area contributed by atoms with Gasteiger partial charge in [-0.2, -0.15) is 0 Å². The quantitative estimate of drug-likeness (QED) is 0.228. The topological polar surface area (TPSA) is 102 Å². The Labute approximate surface area is 174 Å². The van der Waals surface area contributed by atoms with Gasteiger partial charge in [0.2, 0.25) is 5.91 Å². The zero-order chi connectivity index (χ0) is 21.8. The number of hydrogen-bond donors (Lipinski definition) is 1. The van der Waals surface area contributed by atoms with Gasteiger partial charge in [0.25, 0.3) is 0 Å². The van der Waals surface area contributed by atoms with Crippen LogP contribution in [-0.2, 0) is 38.0 Å². The van der Waals surface area contributed by atoms with E-state index in [1.54, 1.807) is 0 Å². The molecule has 1 unspecified atom stereocenters. The molecule has 172 valence electrons. The summed E-state index contributed by atoms with van der Waals surface area (Å²) in [7, 11) is 0. The minimum atomic E-state index is -0.118. The van der Waals surface area contributed by atoms with E-state index in [1.165, 1.54) is 0 Å². The second-order valence-electron chi connectivity index (χ2n) is 7.40. The van der Waals surface area contributed by atoms with Crippen LogP contribution in [0, 0.1) is 5.41 Å². The standard InChI is InChI=1S/C20H39NO8/c1-18(20(2,3)4)21-19(23)17-29-16-15-28-14-13-27-12-11-26-10-9-25-8-7-24-6-5-22/h5,18H,6-17H2,1-4H3,(H,21,23). The minimum Gasteiger partial charge on any atom is -0.377 e. The van der Waals surface area contributed by atoms with Crippen LogP contribution in [0.2, 0.25) is 0 Å². The maximum atomic E-state index is 11.7. The normalized spacial score (nSPS) is 12.7. The van der Waals surface area contributed by atoms with Gasteiger partial charge in [-0.15, -0.1) is 0 Å². The third-order valence-electron chi connectivity index (χ3n) is 3.96. The van der Waals surface area contributed by atoms with Gasteiger partial charge < -0.3 is 38.5 Å². The largest absolute Gasteiger partial charge is 0.377 e. The van der Waals surface area contributed by atoms with Gasteiger partial charge in [0.15, 0.2) is 0 Å². The molecule has 9 nitrogen and oxygen atoms in total. The van der Waals surface area contributed by atoms with Gasteiger partial charge in [0.1, 0.15) is 19.5 Å². The van der Waals surface area contributed by atoms with Crippen molar-refractivity contribution in [2.24, 2.45) is 5.41 Å². The van der Waals surface area contributed by atoms with Crippen LogP contribution in [0.3, 0.4) is 0 Å². The minimum absolute atomic E-state index is 0.0190. The number of rotatable bonds is 20. The van der Waals surface area contributed by atoms with Crippen LogP contribution in [0.15, 0.2) is 0 Å². The highest BCUT2D eigenvalue weighted by molar-refractivity contribution is 5.77. The molecule has 0 heterocycles. The number of ether oxygens (including phenoxy) is 6. The summed E-state index contributed by atoms with van der Waals surface area (Å²) in [5, 5.41) is 2.92. The molecule has 0 aromatic heterocycles. The maximum Gasteiger partial charge on any atom is 0.246 e. The van der Waals surface area contributed by atoms with Crippen molar-refractivity contribution in [3.63, 3.8) is 0 Å². The fourth-order valence-corrected chi connectivity index (χ4v) is 1.79.